The van der Waals surface area contributed by atoms with Crippen molar-refractivity contribution in [3.05, 3.63) is 90.0 Å². The molecule has 0 aliphatic heterocycles. The standard InChI is InChI=1S/C27H31N3O4/c1-3-33-17-18-34-25-15-13-23(14-16-25)28-19-26(31)30-24-11-9-22(10-12-24)27(32)29-20(2)21-7-5-4-6-8-21/h4-16,20,28H,3,17-19H2,1-2H3,(H,29,32)(H,30,31). The molecule has 1 atom stereocenters. The maximum absolute atomic E-state index is 12.5. The average Bonchev–Trinajstić information content (AvgIpc) is 2.87. The summed E-state index contributed by atoms with van der Waals surface area (Å²) in [5, 5.41) is 8.88. The van der Waals surface area contributed by atoms with E-state index in [1.165, 1.54) is 0 Å². The summed E-state index contributed by atoms with van der Waals surface area (Å²) in [6.45, 7) is 5.71. The van der Waals surface area contributed by atoms with Gasteiger partial charge in [0.15, 0.2) is 0 Å². The summed E-state index contributed by atoms with van der Waals surface area (Å²) in [7, 11) is 0. The predicted molar refractivity (Wildman–Crippen MR) is 134 cm³/mol. The summed E-state index contributed by atoms with van der Waals surface area (Å²) < 4.78 is 10.8. The van der Waals surface area contributed by atoms with Crippen LogP contribution in [0.3, 0.4) is 0 Å². The van der Waals surface area contributed by atoms with Crippen LogP contribution in [0.1, 0.15) is 35.8 Å². The van der Waals surface area contributed by atoms with Crippen molar-refractivity contribution in [1.82, 2.24) is 5.32 Å². The van der Waals surface area contributed by atoms with Crippen LogP contribution in [0.25, 0.3) is 0 Å². The first-order valence-electron chi connectivity index (χ1n) is 11.4. The highest BCUT2D eigenvalue weighted by molar-refractivity contribution is 5.96. The Balaban J connectivity index is 1.42. The fourth-order valence-corrected chi connectivity index (χ4v) is 3.23. The number of carbonyl (C=O) groups excluding carboxylic acids is 2. The number of amides is 2. The summed E-state index contributed by atoms with van der Waals surface area (Å²) >= 11 is 0. The van der Waals surface area contributed by atoms with Crippen LogP contribution < -0.4 is 20.7 Å². The van der Waals surface area contributed by atoms with Crippen molar-refractivity contribution in [2.45, 2.75) is 19.9 Å². The molecule has 3 aromatic carbocycles. The molecule has 1 unspecified atom stereocenters. The predicted octanol–water partition coefficient (Wildman–Crippen LogP) is 4.64. The van der Waals surface area contributed by atoms with E-state index in [4.69, 9.17) is 9.47 Å². The third-order valence-electron chi connectivity index (χ3n) is 5.09. The van der Waals surface area contributed by atoms with Gasteiger partial charge in [-0.15, -0.1) is 0 Å². The molecule has 0 saturated carbocycles. The SMILES string of the molecule is CCOCCOc1ccc(NCC(=O)Nc2ccc(C(=O)NC(C)c3ccccc3)cc2)cc1. The van der Waals surface area contributed by atoms with Gasteiger partial charge in [0.2, 0.25) is 5.91 Å². The van der Waals surface area contributed by atoms with Gasteiger partial charge in [-0.25, -0.2) is 0 Å². The van der Waals surface area contributed by atoms with Crippen molar-refractivity contribution in [3.63, 3.8) is 0 Å². The molecular weight excluding hydrogens is 430 g/mol. The van der Waals surface area contributed by atoms with E-state index in [1.54, 1.807) is 24.3 Å². The normalized spacial score (nSPS) is 11.4. The van der Waals surface area contributed by atoms with Gasteiger partial charge in [-0.3, -0.25) is 9.59 Å². The second kappa shape index (κ2) is 13.0. The van der Waals surface area contributed by atoms with Crippen molar-refractivity contribution in [2.24, 2.45) is 0 Å². The zero-order chi connectivity index (χ0) is 24.2. The van der Waals surface area contributed by atoms with Crippen LogP contribution in [0.4, 0.5) is 11.4 Å². The number of nitrogens with one attached hydrogen (secondary N) is 3. The van der Waals surface area contributed by atoms with E-state index in [0.29, 0.717) is 31.1 Å². The zero-order valence-electron chi connectivity index (χ0n) is 19.5. The quantitative estimate of drug-likeness (QED) is 0.342. The molecule has 0 saturated heterocycles. The highest BCUT2D eigenvalue weighted by atomic mass is 16.5. The largest absolute Gasteiger partial charge is 0.491 e. The van der Waals surface area contributed by atoms with Gasteiger partial charge >= 0.3 is 0 Å². The monoisotopic (exact) mass is 461 g/mol. The van der Waals surface area contributed by atoms with Gasteiger partial charge in [0.1, 0.15) is 12.4 Å². The van der Waals surface area contributed by atoms with Gasteiger partial charge in [-0.05, 0) is 67.9 Å². The fourth-order valence-electron chi connectivity index (χ4n) is 3.23. The van der Waals surface area contributed by atoms with E-state index in [1.807, 2.05) is 68.4 Å². The first-order chi connectivity index (χ1) is 16.5. The second-order valence-corrected chi connectivity index (χ2v) is 7.65. The maximum atomic E-state index is 12.5. The van der Waals surface area contributed by atoms with Crippen molar-refractivity contribution < 1.29 is 19.1 Å². The van der Waals surface area contributed by atoms with E-state index < -0.39 is 0 Å². The number of rotatable bonds is 12. The highest BCUT2D eigenvalue weighted by Gasteiger charge is 2.11. The molecule has 3 aromatic rings. The Morgan fingerprint density at radius 1 is 0.853 bits per heavy atom. The molecule has 2 amide bonds. The number of hydrogen-bond donors (Lipinski definition) is 3. The van der Waals surface area contributed by atoms with E-state index in [-0.39, 0.29) is 24.4 Å². The molecule has 7 heteroatoms. The summed E-state index contributed by atoms with van der Waals surface area (Å²) in [5.74, 6) is 0.394. The zero-order valence-corrected chi connectivity index (χ0v) is 19.5. The minimum Gasteiger partial charge on any atom is -0.491 e. The second-order valence-electron chi connectivity index (χ2n) is 7.65. The van der Waals surface area contributed by atoms with Crippen LogP contribution in [0.15, 0.2) is 78.9 Å². The highest BCUT2D eigenvalue weighted by Crippen LogP contribution is 2.16. The Bertz CT molecular complexity index is 1040. The molecule has 7 nitrogen and oxygen atoms in total. The Morgan fingerprint density at radius 3 is 2.21 bits per heavy atom. The lowest BCUT2D eigenvalue weighted by Crippen LogP contribution is -2.26. The number of carbonyl (C=O) groups is 2. The van der Waals surface area contributed by atoms with Gasteiger partial charge in [0, 0.05) is 23.5 Å². The van der Waals surface area contributed by atoms with Crippen molar-refractivity contribution >= 4 is 23.2 Å². The first-order valence-corrected chi connectivity index (χ1v) is 11.4. The molecule has 34 heavy (non-hydrogen) atoms. The Hall–Kier alpha value is -3.84. The van der Waals surface area contributed by atoms with Crippen molar-refractivity contribution in [1.29, 1.82) is 0 Å². The Labute approximate surface area is 200 Å². The smallest absolute Gasteiger partial charge is 0.251 e. The van der Waals surface area contributed by atoms with Gasteiger partial charge in [-0.2, -0.15) is 0 Å². The van der Waals surface area contributed by atoms with E-state index >= 15 is 0 Å². The van der Waals surface area contributed by atoms with Gasteiger partial charge in [-0.1, -0.05) is 30.3 Å². The molecule has 0 aromatic heterocycles. The molecule has 0 fully saturated rings. The molecule has 178 valence electrons. The van der Waals surface area contributed by atoms with E-state index in [9.17, 15) is 9.59 Å². The van der Waals surface area contributed by atoms with Crippen LogP contribution in [0.5, 0.6) is 5.75 Å². The summed E-state index contributed by atoms with van der Waals surface area (Å²) in [4.78, 5) is 24.8. The molecule has 3 rings (SSSR count). The van der Waals surface area contributed by atoms with Crippen molar-refractivity contribution in [2.75, 3.05) is 37.0 Å². The summed E-state index contributed by atoms with van der Waals surface area (Å²) in [5.41, 5.74) is 3.00. The Kier molecular flexibility index (Phi) is 9.49. The molecule has 0 bridgehead atoms. The Morgan fingerprint density at radius 2 is 1.53 bits per heavy atom. The molecule has 0 aliphatic carbocycles. The minimum atomic E-state index is -0.188. The average molecular weight is 462 g/mol. The van der Waals surface area contributed by atoms with Gasteiger partial charge in [0.25, 0.3) is 5.91 Å². The van der Waals surface area contributed by atoms with Crippen LogP contribution in [-0.2, 0) is 9.53 Å². The lowest BCUT2D eigenvalue weighted by molar-refractivity contribution is -0.114. The minimum absolute atomic E-state index is 0.102. The lowest BCUT2D eigenvalue weighted by atomic mass is 10.1. The van der Waals surface area contributed by atoms with E-state index in [0.717, 1.165) is 17.0 Å². The van der Waals surface area contributed by atoms with Crippen LogP contribution in [0.2, 0.25) is 0 Å². The molecule has 0 spiro atoms. The van der Waals surface area contributed by atoms with Gasteiger partial charge in [0.05, 0.1) is 19.2 Å². The number of benzene rings is 3. The van der Waals surface area contributed by atoms with Crippen LogP contribution >= 0.6 is 0 Å². The first kappa shape index (κ1) is 24.8. The number of hydrogen-bond acceptors (Lipinski definition) is 5. The van der Waals surface area contributed by atoms with Crippen LogP contribution in [-0.4, -0.2) is 38.2 Å². The molecule has 0 radical (unpaired) electrons. The summed E-state index contributed by atoms with van der Waals surface area (Å²) in [6.07, 6.45) is 0. The number of anilines is 2. The van der Waals surface area contributed by atoms with E-state index in [2.05, 4.69) is 16.0 Å². The third-order valence-corrected chi connectivity index (χ3v) is 5.09. The fraction of sp³-hybridized carbons (Fsp3) is 0.259. The third kappa shape index (κ3) is 7.94. The van der Waals surface area contributed by atoms with Crippen molar-refractivity contribution in [3.8, 4) is 5.75 Å². The molecule has 3 N–H and O–H groups in total. The van der Waals surface area contributed by atoms with Gasteiger partial charge < -0.3 is 25.4 Å². The molecule has 0 heterocycles. The topological polar surface area (TPSA) is 88.7 Å². The summed E-state index contributed by atoms with van der Waals surface area (Å²) in [6, 6.07) is 23.9. The number of ether oxygens (including phenoxy) is 2. The molecular formula is C27H31N3O4. The molecule has 0 aliphatic rings. The maximum Gasteiger partial charge on any atom is 0.251 e. The van der Waals surface area contributed by atoms with Crippen LogP contribution in [0, 0.1) is 0 Å². The lowest BCUT2D eigenvalue weighted by Gasteiger charge is -2.14.